The van der Waals surface area contributed by atoms with Gasteiger partial charge in [0, 0.05) is 0 Å². The van der Waals surface area contributed by atoms with Crippen LogP contribution in [0.25, 0.3) is 0 Å². The van der Waals surface area contributed by atoms with Crippen LogP contribution in [-0.2, 0) is 19.6 Å². The van der Waals surface area contributed by atoms with Crippen molar-refractivity contribution in [1.29, 1.82) is 0 Å². The summed E-state index contributed by atoms with van der Waals surface area (Å²) in [6, 6.07) is 2.83. The van der Waals surface area contributed by atoms with Crippen LogP contribution in [0.5, 0.6) is 0 Å². The van der Waals surface area contributed by atoms with Crippen molar-refractivity contribution in [3.63, 3.8) is 0 Å². The number of sulfonamides is 1. The molecular formula is C12H15NO6S. The smallest absolute Gasteiger partial charge is 0.322 e. The lowest BCUT2D eigenvalue weighted by molar-refractivity contribution is -0.145. The third kappa shape index (κ3) is 4.32. The molecule has 0 aliphatic rings. The van der Waals surface area contributed by atoms with Crippen LogP contribution in [0.1, 0.15) is 17.5 Å². The van der Waals surface area contributed by atoms with E-state index in [0.717, 1.165) is 0 Å². The predicted molar refractivity (Wildman–Crippen MR) is 69.9 cm³/mol. The molecule has 0 spiro atoms. The van der Waals surface area contributed by atoms with Gasteiger partial charge >= 0.3 is 11.9 Å². The molecule has 1 rings (SSSR count). The van der Waals surface area contributed by atoms with Crippen molar-refractivity contribution in [2.24, 2.45) is 0 Å². The van der Waals surface area contributed by atoms with Crippen LogP contribution in [0.15, 0.2) is 23.1 Å². The Bertz CT molecular complexity index is 617. The van der Waals surface area contributed by atoms with Gasteiger partial charge in [0.15, 0.2) is 0 Å². The minimum Gasteiger partial charge on any atom is -0.481 e. The molecule has 1 aromatic rings. The van der Waals surface area contributed by atoms with Gasteiger partial charge in [-0.2, -0.15) is 4.72 Å². The van der Waals surface area contributed by atoms with Crippen LogP contribution in [0, 0.1) is 13.8 Å². The molecule has 7 nitrogen and oxygen atoms in total. The molecule has 3 N–H and O–H groups in total. The average Bonchev–Trinajstić information content (AvgIpc) is 2.25. The first-order chi connectivity index (χ1) is 9.11. The molecule has 0 unspecified atom stereocenters. The van der Waals surface area contributed by atoms with E-state index in [2.05, 4.69) is 0 Å². The van der Waals surface area contributed by atoms with Crippen molar-refractivity contribution in [1.82, 2.24) is 4.72 Å². The molecule has 20 heavy (non-hydrogen) atoms. The van der Waals surface area contributed by atoms with Gasteiger partial charge in [-0.1, -0.05) is 6.07 Å². The fraction of sp³-hybridized carbons (Fsp3) is 0.333. The second-order valence-electron chi connectivity index (χ2n) is 4.43. The second kappa shape index (κ2) is 6.02. The molecule has 1 atom stereocenters. The van der Waals surface area contributed by atoms with Crippen LogP contribution in [-0.4, -0.2) is 36.6 Å². The third-order valence-corrected chi connectivity index (χ3v) is 3.93. The zero-order valence-electron chi connectivity index (χ0n) is 11.0. The average molecular weight is 301 g/mol. The highest BCUT2D eigenvalue weighted by Gasteiger charge is 2.27. The Morgan fingerprint density at radius 1 is 1.15 bits per heavy atom. The quantitative estimate of drug-likeness (QED) is 0.704. The summed E-state index contributed by atoms with van der Waals surface area (Å²) < 4.78 is 26.0. The topological polar surface area (TPSA) is 121 Å². The molecule has 0 aliphatic carbocycles. The van der Waals surface area contributed by atoms with Gasteiger partial charge in [0.1, 0.15) is 6.04 Å². The number of carboxylic acid groups (broad SMARTS) is 2. The number of carbonyl (C=O) groups is 2. The Labute approximate surface area is 116 Å². The van der Waals surface area contributed by atoms with Crippen molar-refractivity contribution in [2.75, 3.05) is 0 Å². The van der Waals surface area contributed by atoms with Gasteiger partial charge in [0.25, 0.3) is 0 Å². The molecule has 0 aromatic heterocycles. The van der Waals surface area contributed by atoms with E-state index in [9.17, 15) is 18.0 Å². The van der Waals surface area contributed by atoms with E-state index in [-0.39, 0.29) is 4.90 Å². The molecule has 110 valence electrons. The molecule has 1 aromatic carbocycles. The van der Waals surface area contributed by atoms with Gasteiger partial charge in [-0.3, -0.25) is 9.59 Å². The summed E-state index contributed by atoms with van der Waals surface area (Å²) in [6.45, 7) is 3.41. The Morgan fingerprint density at radius 3 is 2.05 bits per heavy atom. The van der Waals surface area contributed by atoms with E-state index < -0.39 is 34.4 Å². The molecular weight excluding hydrogens is 286 g/mol. The zero-order chi connectivity index (χ0) is 15.5. The fourth-order valence-corrected chi connectivity index (χ4v) is 3.07. The third-order valence-electron chi connectivity index (χ3n) is 2.48. The van der Waals surface area contributed by atoms with Crippen LogP contribution in [0.3, 0.4) is 0 Å². The fourth-order valence-electron chi connectivity index (χ4n) is 1.70. The molecule has 0 fully saturated rings. The number of benzene rings is 1. The first-order valence-electron chi connectivity index (χ1n) is 5.67. The minimum absolute atomic E-state index is 0.0911. The number of nitrogens with one attached hydrogen (secondary N) is 1. The Hall–Kier alpha value is -1.93. The molecule has 0 saturated carbocycles. The summed E-state index contributed by atoms with van der Waals surface area (Å²) in [4.78, 5) is 21.3. The van der Waals surface area contributed by atoms with E-state index >= 15 is 0 Å². The normalized spacial score (nSPS) is 12.9. The van der Waals surface area contributed by atoms with Crippen LogP contribution < -0.4 is 4.72 Å². The Balaban J connectivity index is 3.09. The summed E-state index contributed by atoms with van der Waals surface area (Å²) in [6.07, 6.45) is -0.834. The number of aryl methyl sites for hydroxylation is 2. The van der Waals surface area contributed by atoms with E-state index in [1.54, 1.807) is 19.9 Å². The number of carboxylic acids is 2. The molecule has 0 aliphatic heterocycles. The number of hydrogen-bond acceptors (Lipinski definition) is 4. The standard InChI is InChI=1S/C12H15NO6S/c1-7-3-8(2)5-9(4-7)20(18,19)13-10(12(16)17)6-11(14)15/h3-5,10,13H,6H2,1-2H3,(H,14,15)(H,16,17)/t10-/m0/s1. The number of hydrogen-bond donors (Lipinski definition) is 3. The van der Waals surface area contributed by atoms with Crippen molar-refractivity contribution in [3.05, 3.63) is 29.3 Å². The van der Waals surface area contributed by atoms with Crippen LogP contribution >= 0.6 is 0 Å². The van der Waals surface area contributed by atoms with E-state index in [0.29, 0.717) is 11.1 Å². The summed E-state index contributed by atoms with van der Waals surface area (Å²) in [5.74, 6) is -2.94. The van der Waals surface area contributed by atoms with Crippen LogP contribution in [0.2, 0.25) is 0 Å². The molecule has 0 bridgehead atoms. The predicted octanol–water partition coefficient (Wildman–Crippen LogP) is 0.510. The summed E-state index contributed by atoms with van der Waals surface area (Å²) in [5.41, 5.74) is 1.41. The van der Waals surface area contributed by atoms with Crippen LogP contribution in [0.4, 0.5) is 0 Å². The van der Waals surface area contributed by atoms with Crippen molar-refractivity contribution in [3.8, 4) is 0 Å². The highest BCUT2D eigenvalue weighted by Crippen LogP contribution is 2.15. The zero-order valence-corrected chi connectivity index (χ0v) is 11.8. The summed E-state index contributed by atoms with van der Waals surface area (Å²) in [5, 5.41) is 17.4. The summed E-state index contributed by atoms with van der Waals surface area (Å²) in [7, 11) is -4.09. The maximum atomic E-state index is 12.1. The largest absolute Gasteiger partial charge is 0.481 e. The molecule has 8 heteroatoms. The first-order valence-corrected chi connectivity index (χ1v) is 7.15. The van der Waals surface area contributed by atoms with Gasteiger partial charge in [0.2, 0.25) is 10.0 Å². The van der Waals surface area contributed by atoms with Gasteiger partial charge in [0.05, 0.1) is 11.3 Å². The van der Waals surface area contributed by atoms with Crippen molar-refractivity contribution < 1.29 is 28.2 Å². The Morgan fingerprint density at radius 2 is 1.65 bits per heavy atom. The second-order valence-corrected chi connectivity index (χ2v) is 6.15. The van der Waals surface area contributed by atoms with Crippen molar-refractivity contribution in [2.45, 2.75) is 31.2 Å². The molecule has 0 radical (unpaired) electrons. The van der Waals surface area contributed by atoms with Gasteiger partial charge in [-0.05, 0) is 37.1 Å². The van der Waals surface area contributed by atoms with Gasteiger partial charge < -0.3 is 10.2 Å². The summed E-state index contributed by atoms with van der Waals surface area (Å²) >= 11 is 0. The maximum absolute atomic E-state index is 12.1. The van der Waals surface area contributed by atoms with Gasteiger partial charge in [-0.25, -0.2) is 8.42 Å². The lowest BCUT2D eigenvalue weighted by Crippen LogP contribution is -2.42. The lowest BCUT2D eigenvalue weighted by atomic mass is 10.2. The van der Waals surface area contributed by atoms with E-state index in [1.807, 2.05) is 4.72 Å². The molecule has 0 amide bonds. The number of aliphatic carboxylic acids is 2. The monoisotopic (exact) mass is 301 g/mol. The highest BCUT2D eigenvalue weighted by atomic mass is 32.2. The minimum atomic E-state index is -4.09. The first kappa shape index (κ1) is 16.1. The molecule has 0 heterocycles. The highest BCUT2D eigenvalue weighted by molar-refractivity contribution is 7.89. The SMILES string of the molecule is Cc1cc(C)cc(S(=O)(=O)N[C@@H](CC(=O)O)C(=O)O)c1. The number of rotatable bonds is 6. The lowest BCUT2D eigenvalue weighted by Gasteiger charge is -2.13. The van der Waals surface area contributed by atoms with E-state index in [1.165, 1.54) is 12.1 Å². The Kier molecular flexibility index (Phi) is 4.85. The van der Waals surface area contributed by atoms with E-state index in [4.69, 9.17) is 10.2 Å². The van der Waals surface area contributed by atoms with Crippen molar-refractivity contribution >= 4 is 22.0 Å². The maximum Gasteiger partial charge on any atom is 0.322 e. The molecule has 0 saturated heterocycles. The van der Waals surface area contributed by atoms with Gasteiger partial charge in [-0.15, -0.1) is 0 Å².